The quantitative estimate of drug-likeness (QED) is 0.409. The van der Waals surface area contributed by atoms with Crippen LogP contribution >= 0.6 is 15.9 Å². The van der Waals surface area contributed by atoms with Gasteiger partial charge >= 0.3 is 5.97 Å². The molecule has 0 unspecified atom stereocenters. The highest BCUT2D eigenvalue weighted by molar-refractivity contribution is 9.10. The van der Waals surface area contributed by atoms with Crippen molar-refractivity contribution in [3.8, 4) is 0 Å². The second-order valence-electron chi connectivity index (χ2n) is 4.99. The Morgan fingerprint density at radius 1 is 1.13 bits per heavy atom. The molecule has 0 aliphatic heterocycles. The number of hydrogen-bond acceptors (Lipinski definition) is 4. The maximum Gasteiger partial charge on any atom is 0.303 e. The lowest BCUT2D eigenvalue weighted by atomic mass is 10.1. The Labute approximate surface area is 143 Å². The maximum absolute atomic E-state index is 10.6. The summed E-state index contributed by atoms with van der Waals surface area (Å²) in [6, 6.07) is 13.4. The second-order valence-corrected chi connectivity index (χ2v) is 5.91. The Bertz CT molecular complexity index is 657. The van der Waals surface area contributed by atoms with Crippen molar-refractivity contribution < 1.29 is 9.90 Å². The van der Waals surface area contributed by atoms with Gasteiger partial charge in [-0.1, -0.05) is 22.0 Å². The van der Waals surface area contributed by atoms with E-state index in [4.69, 9.17) is 5.11 Å². The molecule has 2 N–H and O–H groups in total. The molecule has 1 aromatic heterocycles. The summed E-state index contributed by atoms with van der Waals surface area (Å²) in [5.74, 6) is -0.769. The first-order valence-electron chi connectivity index (χ1n) is 7.36. The van der Waals surface area contributed by atoms with Crippen molar-refractivity contribution in [2.24, 2.45) is 5.10 Å². The zero-order valence-corrected chi connectivity index (χ0v) is 14.2. The Morgan fingerprint density at radius 2 is 1.87 bits per heavy atom. The van der Waals surface area contributed by atoms with E-state index in [0.29, 0.717) is 12.8 Å². The molecule has 0 saturated heterocycles. The summed E-state index contributed by atoms with van der Waals surface area (Å²) in [4.78, 5) is 14.9. The molecule has 2 rings (SSSR count). The summed E-state index contributed by atoms with van der Waals surface area (Å²) in [6.45, 7) is 0. The number of unbranched alkanes of at least 4 members (excludes halogenated alkanes) is 1. The van der Waals surface area contributed by atoms with E-state index in [-0.39, 0.29) is 6.42 Å². The van der Waals surface area contributed by atoms with Crippen LogP contribution in [0.1, 0.15) is 31.4 Å². The number of carboxylic acid groups (broad SMARTS) is 1. The molecule has 0 amide bonds. The molecule has 1 heterocycles. The minimum atomic E-state index is -0.769. The topological polar surface area (TPSA) is 74.6 Å². The van der Waals surface area contributed by atoms with Crippen molar-refractivity contribution in [3.63, 3.8) is 0 Å². The summed E-state index contributed by atoms with van der Waals surface area (Å²) in [5.41, 5.74) is 5.53. The third-order valence-electron chi connectivity index (χ3n) is 3.18. The summed E-state index contributed by atoms with van der Waals surface area (Å²) < 4.78 is 1.01. The Morgan fingerprint density at radius 3 is 2.52 bits per heavy atom. The summed E-state index contributed by atoms with van der Waals surface area (Å²) in [6.07, 6.45) is 3.95. The van der Waals surface area contributed by atoms with Crippen molar-refractivity contribution in [1.82, 2.24) is 4.98 Å². The van der Waals surface area contributed by atoms with Gasteiger partial charge in [-0.15, -0.1) is 0 Å². The number of hydrazone groups is 1. The van der Waals surface area contributed by atoms with Crippen LogP contribution in [0, 0.1) is 0 Å². The number of hydrogen-bond donors (Lipinski definition) is 2. The molecule has 5 nitrogen and oxygen atoms in total. The van der Waals surface area contributed by atoms with Crippen LogP contribution in [0.4, 0.5) is 5.69 Å². The predicted octanol–water partition coefficient (Wildman–Crippen LogP) is 4.31. The molecular formula is C17H18BrN3O2. The molecule has 0 saturated carbocycles. The molecule has 6 heteroatoms. The first-order chi connectivity index (χ1) is 11.1. The molecule has 120 valence electrons. The highest BCUT2D eigenvalue weighted by Gasteiger charge is 2.06. The Balaban J connectivity index is 2.04. The van der Waals surface area contributed by atoms with Crippen LogP contribution in [0.15, 0.2) is 58.2 Å². The highest BCUT2D eigenvalue weighted by atomic mass is 79.9. The van der Waals surface area contributed by atoms with Crippen LogP contribution in [0.5, 0.6) is 0 Å². The second kappa shape index (κ2) is 9.05. The Kier molecular flexibility index (Phi) is 6.75. The number of anilines is 1. The van der Waals surface area contributed by atoms with Crippen molar-refractivity contribution in [1.29, 1.82) is 0 Å². The van der Waals surface area contributed by atoms with E-state index >= 15 is 0 Å². The van der Waals surface area contributed by atoms with Gasteiger partial charge in [0.2, 0.25) is 0 Å². The van der Waals surface area contributed by atoms with Gasteiger partial charge in [0.25, 0.3) is 0 Å². The number of carboxylic acids is 1. The van der Waals surface area contributed by atoms with E-state index in [1.807, 2.05) is 42.5 Å². The van der Waals surface area contributed by atoms with Gasteiger partial charge in [0.1, 0.15) is 0 Å². The molecule has 0 spiro atoms. The highest BCUT2D eigenvalue weighted by Crippen LogP contribution is 2.15. The standard InChI is InChI=1S/C17H18BrN3O2/c18-13-8-10-14(11-9-13)20-21-16(6-1-2-7-17(22)23)15-5-3-4-12-19-15/h3-5,8-12,20H,1-2,6-7H2,(H,22,23)/b21-16+. The van der Waals surface area contributed by atoms with Crippen LogP contribution in [0.2, 0.25) is 0 Å². The SMILES string of the molecule is O=C(O)CCCC/C(=N\Nc1ccc(Br)cc1)c1ccccn1. The fraction of sp³-hybridized carbons (Fsp3) is 0.235. The molecule has 0 aliphatic rings. The molecule has 0 aliphatic carbocycles. The molecule has 1 aromatic carbocycles. The summed E-state index contributed by atoms with van der Waals surface area (Å²) >= 11 is 3.39. The average molecular weight is 376 g/mol. The minimum Gasteiger partial charge on any atom is -0.481 e. The van der Waals surface area contributed by atoms with E-state index in [9.17, 15) is 4.79 Å². The van der Waals surface area contributed by atoms with Gasteiger partial charge in [0.15, 0.2) is 0 Å². The molecular weight excluding hydrogens is 358 g/mol. The molecule has 0 atom stereocenters. The van der Waals surface area contributed by atoms with Gasteiger partial charge in [-0.2, -0.15) is 5.10 Å². The van der Waals surface area contributed by atoms with Gasteiger partial charge < -0.3 is 5.11 Å². The minimum absolute atomic E-state index is 0.176. The predicted molar refractivity (Wildman–Crippen MR) is 94.6 cm³/mol. The maximum atomic E-state index is 10.6. The van der Waals surface area contributed by atoms with Crippen molar-refractivity contribution in [2.75, 3.05) is 5.43 Å². The number of benzene rings is 1. The number of halogens is 1. The van der Waals surface area contributed by atoms with E-state index in [0.717, 1.165) is 28.0 Å². The van der Waals surface area contributed by atoms with Gasteiger partial charge in [0.05, 0.1) is 17.1 Å². The number of nitrogens with one attached hydrogen (secondary N) is 1. The van der Waals surface area contributed by atoms with E-state index < -0.39 is 5.97 Å². The zero-order chi connectivity index (χ0) is 16.5. The number of carbonyl (C=O) groups is 1. The fourth-order valence-corrected chi connectivity index (χ4v) is 2.26. The third-order valence-corrected chi connectivity index (χ3v) is 3.71. The third kappa shape index (κ3) is 6.20. The van der Waals surface area contributed by atoms with Crippen LogP contribution < -0.4 is 5.43 Å². The normalized spacial score (nSPS) is 11.3. The fourth-order valence-electron chi connectivity index (χ4n) is 2.00. The van der Waals surface area contributed by atoms with E-state index in [1.54, 1.807) is 6.20 Å². The average Bonchev–Trinajstić information content (AvgIpc) is 2.56. The first kappa shape index (κ1) is 17.1. The zero-order valence-electron chi connectivity index (χ0n) is 12.6. The summed E-state index contributed by atoms with van der Waals surface area (Å²) in [5, 5.41) is 13.2. The van der Waals surface area contributed by atoms with Crippen molar-refractivity contribution >= 4 is 33.3 Å². The number of aliphatic carboxylic acids is 1. The van der Waals surface area contributed by atoms with Crippen LogP contribution in [-0.4, -0.2) is 21.8 Å². The van der Waals surface area contributed by atoms with E-state index in [2.05, 4.69) is 31.4 Å². The van der Waals surface area contributed by atoms with Gasteiger partial charge in [-0.25, -0.2) is 0 Å². The largest absolute Gasteiger partial charge is 0.481 e. The number of aromatic nitrogens is 1. The number of rotatable bonds is 8. The smallest absolute Gasteiger partial charge is 0.303 e. The van der Waals surface area contributed by atoms with Gasteiger partial charge in [-0.05, 0) is 55.7 Å². The van der Waals surface area contributed by atoms with Gasteiger partial charge in [0, 0.05) is 17.1 Å². The van der Waals surface area contributed by atoms with Gasteiger partial charge in [-0.3, -0.25) is 15.2 Å². The molecule has 0 bridgehead atoms. The molecule has 2 aromatic rings. The number of nitrogens with zero attached hydrogens (tertiary/aromatic N) is 2. The number of pyridine rings is 1. The van der Waals surface area contributed by atoms with Crippen LogP contribution in [-0.2, 0) is 4.79 Å². The van der Waals surface area contributed by atoms with Crippen molar-refractivity contribution in [3.05, 3.63) is 58.8 Å². The van der Waals surface area contributed by atoms with Crippen molar-refractivity contribution in [2.45, 2.75) is 25.7 Å². The molecule has 0 radical (unpaired) electrons. The first-order valence-corrected chi connectivity index (χ1v) is 8.16. The monoisotopic (exact) mass is 375 g/mol. The lowest BCUT2D eigenvalue weighted by molar-refractivity contribution is -0.137. The molecule has 0 fully saturated rings. The lowest BCUT2D eigenvalue weighted by Gasteiger charge is -2.07. The summed E-state index contributed by atoms with van der Waals surface area (Å²) in [7, 11) is 0. The Hall–Kier alpha value is -2.21. The van der Waals surface area contributed by atoms with Crippen LogP contribution in [0.3, 0.4) is 0 Å². The molecule has 23 heavy (non-hydrogen) atoms. The lowest BCUT2D eigenvalue weighted by Crippen LogP contribution is -2.07. The van der Waals surface area contributed by atoms with E-state index in [1.165, 1.54) is 0 Å². The van der Waals surface area contributed by atoms with Crippen LogP contribution in [0.25, 0.3) is 0 Å².